The van der Waals surface area contributed by atoms with Crippen LogP contribution in [0, 0.1) is 0 Å². The minimum absolute atomic E-state index is 0.0112. The number of carbonyl (C=O) groups excluding carboxylic acids is 2. The first kappa shape index (κ1) is 23.4. The van der Waals surface area contributed by atoms with Crippen molar-refractivity contribution in [2.45, 2.75) is 25.0 Å². The first-order valence-electron chi connectivity index (χ1n) is 12.1. The molecule has 1 saturated heterocycles. The molecule has 0 saturated carbocycles. The number of H-pyrrole nitrogens is 1. The van der Waals surface area contributed by atoms with Crippen molar-refractivity contribution in [3.8, 4) is 11.5 Å². The van der Waals surface area contributed by atoms with Gasteiger partial charge in [0.05, 0.1) is 20.3 Å². The molecule has 8 heteroatoms. The van der Waals surface area contributed by atoms with Crippen LogP contribution in [0.3, 0.4) is 0 Å². The van der Waals surface area contributed by atoms with Crippen molar-refractivity contribution in [1.29, 1.82) is 0 Å². The van der Waals surface area contributed by atoms with Gasteiger partial charge in [0.15, 0.2) is 11.5 Å². The van der Waals surface area contributed by atoms with Crippen molar-refractivity contribution < 1.29 is 19.1 Å². The van der Waals surface area contributed by atoms with E-state index in [0.717, 1.165) is 33.3 Å². The topological polar surface area (TPSA) is 74.9 Å². The van der Waals surface area contributed by atoms with Crippen molar-refractivity contribution in [1.82, 2.24) is 14.8 Å². The molecule has 37 heavy (non-hydrogen) atoms. The number of fused-ring (bicyclic) bond motifs is 4. The monoisotopic (exact) mass is 515 g/mol. The summed E-state index contributed by atoms with van der Waals surface area (Å²) in [6.45, 7) is 0.366. The van der Waals surface area contributed by atoms with E-state index in [2.05, 4.69) is 11.1 Å². The molecular weight excluding hydrogens is 490 g/mol. The number of halogens is 1. The van der Waals surface area contributed by atoms with Crippen LogP contribution in [0.25, 0.3) is 10.9 Å². The Balaban J connectivity index is 1.46. The third kappa shape index (κ3) is 3.90. The second-order valence-corrected chi connectivity index (χ2v) is 9.86. The Hall–Kier alpha value is -3.97. The average molecular weight is 516 g/mol. The molecule has 0 aliphatic carbocycles. The zero-order chi connectivity index (χ0) is 25.7. The Bertz CT molecular complexity index is 1510. The zero-order valence-electron chi connectivity index (χ0n) is 20.5. The largest absolute Gasteiger partial charge is 0.493 e. The maximum atomic E-state index is 13.9. The summed E-state index contributed by atoms with van der Waals surface area (Å²) in [4.78, 5) is 34.6. The maximum Gasteiger partial charge on any atom is 0.246 e. The van der Waals surface area contributed by atoms with Gasteiger partial charge in [-0.3, -0.25) is 9.59 Å². The predicted octanol–water partition coefficient (Wildman–Crippen LogP) is 4.72. The number of hydrogen-bond acceptors (Lipinski definition) is 4. The number of aromatic nitrogens is 1. The second kappa shape index (κ2) is 9.16. The fourth-order valence-corrected chi connectivity index (χ4v) is 5.76. The lowest BCUT2D eigenvalue weighted by atomic mass is 9.86. The Labute approximate surface area is 219 Å². The Morgan fingerprint density at radius 3 is 2.49 bits per heavy atom. The van der Waals surface area contributed by atoms with Crippen LogP contribution in [0.2, 0.25) is 5.02 Å². The smallest absolute Gasteiger partial charge is 0.246 e. The molecule has 2 atom stereocenters. The van der Waals surface area contributed by atoms with Crippen molar-refractivity contribution >= 4 is 34.3 Å². The van der Waals surface area contributed by atoms with E-state index in [1.165, 1.54) is 0 Å². The predicted molar refractivity (Wildman–Crippen MR) is 141 cm³/mol. The number of ether oxygens (including phenoxy) is 2. The standard InChI is InChI=1S/C29H26ClN3O4/c1-36-24-12-9-18(13-25(24)37-2)28-27-21(20-5-3-4-6-22(20)31-27)14-23-29(35)32(16-26(34)33(23)28)15-17-7-10-19(30)11-8-17/h3-13,23,28,31H,14-16H2,1-2H3. The molecule has 188 valence electrons. The lowest BCUT2D eigenvalue weighted by Gasteiger charge is -2.47. The number of amides is 2. The lowest BCUT2D eigenvalue weighted by Crippen LogP contribution is -2.62. The third-order valence-electron chi connectivity index (χ3n) is 7.35. The average Bonchev–Trinajstić information content (AvgIpc) is 3.29. The number of aromatic amines is 1. The molecule has 6 rings (SSSR count). The van der Waals surface area contributed by atoms with Crippen molar-refractivity contribution in [3.63, 3.8) is 0 Å². The van der Waals surface area contributed by atoms with Crippen LogP contribution < -0.4 is 9.47 Å². The number of hydrogen-bond donors (Lipinski definition) is 1. The molecule has 0 bridgehead atoms. The van der Waals surface area contributed by atoms with Crippen LogP contribution in [0.1, 0.15) is 28.4 Å². The molecule has 1 aromatic heterocycles. The summed E-state index contributed by atoms with van der Waals surface area (Å²) in [6, 6.07) is 20.0. The van der Waals surface area contributed by atoms with Gasteiger partial charge < -0.3 is 24.3 Å². The minimum Gasteiger partial charge on any atom is -0.493 e. The molecule has 3 aromatic carbocycles. The number of rotatable bonds is 5. The normalized spacial score (nSPS) is 19.1. The zero-order valence-corrected chi connectivity index (χ0v) is 21.3. The van der Waals surface area contributed by atoms with Gasteiger partial charge in [0, 0.05) is 34.6 Å². The van der Waals surface area contributed by atoms with E-state index in [4.69, 9.17) is 21.1 Å². The Kier molecular flexibility index (Phi) is 5.80. The van der Waals surface area contributed by atoms with Crippen LogP contribution in [-0.2, 0) is 22.6 Å². The summed E-state index contributed by atoms with van der Waals surface area (Å²) in [7, 11) is 3.18. The molecule has 1 N–H and O–H groups in total. The number of methoxy groups -OCH3 is 2. The summed E-state index contributed by atoms with van der Waals surface area (Å²) in [5, 5.41) is 1.70. The molecule has 2 amide bonds. The van der Waals surface area contributed by atoms with Crippen LogP contribution in [0.5, 0.6) is 11.5 Å². The Morgan fingerprint density at radius 2 is 1.73 bits per heavy atom. The van der Waals surface area contributed by atoms with Gasteiger partial charge in [-0.05, 0) is 47.0 Å². The van der Waals surface area contributed by atoms with Crippen molar-refractivity contribution in [2.75, 3.05) is 20.8 Å². The van der Waals surface area contributed by atoms with Gasteiger partial charge in [-0.15, -0.1) is 0 Å². The first-order valence-corrected chi connectivity index (χ1v) is 12.5. The van der Waals surface area contributed by atoms with Crippen LogP contribution in [0.15, 0.2) is 66.7 Å². The van der Waals surface area contributed by atoms with Gasteiger partial charge >= 0.3 is 0 Å². The van der Waals surface area contributed by atoms with Crippen LogP contribution in [-0.4, -0.2) is 53.4 Å². The number of nitrogens with zero attached hydrogens (tertiary/aromatic N) is 2. The van der Waals surface area contributed by atoms with Crippen LogP contribution in [0.4, 0.5) is 0 Å². The van der Waals surface area contributed by atoms with Gasteiger partial charge in [-0.1, -0.05) is 48.0 Å². The van der Waals surface area contributed by atoms with E-state index in [1.807, 2.05) is 48.5 Å². The van der Waals surface area contributed by atoms with E-state index in [9.17, 15) is 9.59 Å². The molecular formula is C29H26ClN3O4. The van der Waals surface area contributed by atoms with Crippen LogP contribution >= 0.6 is 11.6 Å². The second-order valence-electron chi connectivity index (χ2n) is 9.42. The fraction of sp³-hybridized carbons (Fsp3) is 0.241. The van der Waals surface area contributed by atoms with Crippen molar-refractivity contribution in [2.24, 2.45) is 0 Å². The summed E-state index contributed by atoms with van der Waals surface area (Å²) in [5.74, 6) is 1.02. The van der Waals surface area contributed by atoms with Gasteiger partial charge in [-0.25, -0.2) is 0 Å². The fourth-order valence-electron chi connectivity index (χ4n) is 5.64. The van der Waals surface area contributed by atoms with Gasteiger partial charge in [0.1, 0.15) is 12.6 Å². The van der Waals surface area contributed by atoms with E-state index >= 15 is 0 Å². The quantitative estimate of drug-likeness (QED) is 0.417. The maximum absolute atomic E-state index is 13.9. The molecule has 4 aromatic rings. The minimum atomic E-state index is -0.613. The first-order chi connectivity index (χ1) is 18.0. The van der Waals surface area contributed by atoms with E-state index < -0.39 is 12.1 Å². The molecule has 2 aliphatic heterocycles. The highest BCUT2D eigenvalue weighted by molar-refractivity contribution is 6.30. The number of benzene rings is 3. The van der Waals surface area contributed by atoms with Gasteiger partial charge in [0.2, 0.25) is 11.8 Å². The summed E-state index contributed by atoms with van der Waals surface area (Å²) < 4.78 is 11.0. The van der Waals surface area contributed by atoms with Gasteiger partial charge in [0.25, 0.3) is 0 Å². The van der Waals surface area contributed by atoms with E-state index in [-0.39, 0.29) is 18.4 Å². The summed E-state index contributed by atoms with van der Waals surface area (Å²) in [6.07, 6.45) is 0.449. The molecule has 7 nitrogen and oxygen atoms in total. The summed E-state index contributed by atoms with van der Waals surface area (Å²) in [5.41, 5.74) is 4.75. The highest BCUT2D eigenvalue weighted by Gasteiger charge is 2.48. The van der Waals surface area contributed by atoms with Gasteiger partial charge in [-0.2, -0.15) is 0 Å². The molecule has 1 fully saturated rings. The SMILES string of the molecule is COc1ccc(C2c3[nH]c4ccccc4c3CC3C(=O)N(Cc4ccc(Cl)cc4)CC(=O)N32)cc1OC. The molecule has 2 aliphatic rings. The number of piperazine rings is 1. The third-order valence-corrected chi connectivity index (χ3v) is 7.60. The molecule has 0 radical (unpaired) electrons. The summed E-state index contributed by atoms with van der Waals surface area (Å²) >= 11 is 6.04. The van der Waals surface area contributed by atoms with E-state index in [0.29, 0.717) is 29.5 Å². The Morgan fingerprint density at radius 1 is 0.973 bits per heavy atom. The van der Waals surface area contributed by atoms with E-state index in [1.54, 1.807) is 36.2 Å². The highest BCUT2D eigenvalue weighted by Crippen LogP contribution is 2.44. The lowest BCUT2D eigenvalue weighted by molar-refractivity contribution is -0.159. The highest BCUT2D eigenvalue weighted by atomic mass is 35.5. The number of carbonyl (C=O) groups is 2. The van der Waals surface area contributed by atoms with Crippen molar-refractivity contribution in [3.05, 3.63) is 94.1 Å². The molecule has 3 heterocycles. The number of nitrogens with one attached hydrogen (secondary N) is 1. The molecule has 2 unspecified atom stereocenters. The number of para-hydroxylation sites is 1. The molecule has 0 spiro atoms.